The van der Waals surface area contributed by atoms with Gasteiger partial charge in [-0.25, -0.2) is 0 Å². The van der Waals surface area contributed by atoms with Gasteiger partial charge in [0.25, 0.3) is 0 Å². The second-order valence-corrected chi connectivity index (χ2v) is 14.1. The molecule has 0 amide bonds. The highest BCUT2D eigenvalue weighted by molar-refractivity contribution is 5.66. The Kier molecular flexibility index (Phi) is 5.55. The van der Waals surface area contributed by atoms with Crippen molar-refractivity contribution in [2.75, 3.05) is 6.61 Å². The van der Waals surface area contributed by atoms with Crippen LogP contribution in [-0.4, -0.2) is 30.6 Å². The third-order valence-corrected chi connectivity index (χ3v) is 12.8. The fourth-order valence-corrected chi connectivity index (χ4v) is 10.9. The van der Waals surface area contributed by atoms with E-state index in [0.717, 1.165) is 49.5 Å². The second-order valence-electron chi connectivity index (χ2n) is 14.1. The second kappa shape index (κ2) is 7.94. The van der Waals surface area contributed by atoms with E-state index in [2.05, 4.69) is 34.6 Å². The zero-order valence-electron chi connectivity index (χ0n) is 22.5. The first-order valence-electron chi connectivity index (χ1n) is 14.6. The molecule has 0 aromatic carbocycles. The highest BCUT2D eigenvalue weighted by atomic mass is 16.7. The maximum Gasteiger partial charge on any atom is 0.302 e. The van der Waals surface area contributed by atoms with E-state index in [4.69, 9.17) is 14.2 Å². The third-order valence-electron chi connectivity index (χ3n) is 12.8. The first kappa shape index (κ1) is 23.8. The predicted octanol–water partition coefficient (Wildman–Crippen LogP) is 6.61. The Bertz CT molecular complexity index is 817. The Morgan fingerprint density at radius 3 is 2.44 bits per heavy atom. The van der Waals surface area contributed by atoms with Crippen LogP contribution in [0.2, 0.25) is 0 Å². The number of esters is 1. The summed E-state index contributed by atoms with van der Waals surface area (Å²) in [6.07, 6.45) is 11.5. The third kappa shape index (κ3) is 3.19. The molecule has 0 aromatic heterocycles. The summed E-state index contributed by atoms with van der Waals surface area (Å²) < 4.78 is 19.2. The van der Waals surface area contributed by atoms with Gasteiger partial charge in [-0.2, -0.15) is 0 Å². The lowest BCUT2D eigenvalue weighted by atomic mass is 9.42. The van der Waals surface area contributed by atoms with Crippen LogP contribution in [0.15, 0.2) is 0 Å². The van der Waals surface area contributed by atoms with E-state index < -0.39 is 0 Å². The van der Waals surface area contributed by atoms with Gasteiger partial charge in [0.1, 0.15) is 6.10 Å². The van der Waals surface area contributed by atoms with Gasteiger partial charge in [-0.15, -0.1) is 0 Å². The number of carbonyl (C=O) groups excluding carboxylic acids is 1. The Labute approximate surface area is 207 Å². The highest BCUT2D eigenvalue weighted by Gasteiger charge is 2.70. The molecule has 192 valence electrons. The normalized spacial score (nSPS) is 58.5. The summed E-state index contributed by atoms with van der Waals surface area (Å²) in [5, 5.41) is 0. The summed E-state index contributed by atoms with van der Waals surface area (Å²) in [7, 11) is 0. The minimum Gasteiger partial charge on any atom is -0.463 e. The zero-order valence-corrected chi connectivity index (χ0v) is 22.5. The largest absolute Gasteiger partial charge is 0.463 e. The van der Waals surface area contributed by atoms with Crippen molar-refractivity contribution in [1.82, 2.24) is 0 Å². The Morgan fingerprint density at radius 2 is 1.74 bits per heavy atom. The summed E-state index contributed by atoms with van der Waals surface area (Å²) in [4.78, 5) is 11.6. The Morgan fingerprint density at radius 1 is 0.941 bits per heavy atom. The van der Waals surface area contributed by atoms with Crippen LogP contribution in [0.3, 0.4) is 0 Å². The fourth-order valence-electron chi connectivity index (χ4n) is 10.9. The lowest BCUT2D eigenvalue weighted by Gasteiger charge is -2.63. The van der Waals surface area contributed by atoms with Crippen molar-refractivity contribution in [2.24, 2.45) is 58.2 Å². The van der Waals surface area contributed by atoms with Crippen molar-refractivity contribution in [3.05, 3.63) is 0 Å². The average molecular weight is 473 g/mol. The molecule has 4 heteroatoms. The fraction of sp³-hybridized carbons (Fsp3) is 0.967. The molecule has 6 aliphatic rings. The molecule has 6 fully saturated rings. The molecule has 2 aliphatic heterocycles. The maximum atomic E-state index is 11.6. The summed E-state index contributed by atoms with van der Waals surface area (Å²) >= 11 is 0. The van der Waals surface area contributed by atoms with Crippen LogP contribution in [0.4, 0.5) is 0 Å². The van der Waals surface area contributed by atoms with Gasteiger partial charge in [-0.1, -0.05) is 34.6 Å². The van der Waals surface area contributed by atoms with Gasteiger partial charge < -0.3 is 14.2 Å². The van der Waals surface area contributed by atoms with Gasteiger partial charge in [0.2, 0.25) is 0 Å². The predicted molar refractivity (Wildman–Crippen MR) is 132 cm³/mol. The summed E-state index contributed by atoms with van der Waals surface area (Å²) in [6.45, 7) is 15.0. The van der Waals surface area contributed by atoms with E-state index in [0.29, 0.717) is 40.6 Å². The standard InChI is InChI=1S/C30H48O4/c1-17-9-12-30(32-16-17)19(3)27-26(34-30)15-25-23-8-7-21-14-22(33-20(4)31)10-11-28(21,5)24(23)13-18(2)29(25,27)6/h17-19,21-27H,7-16H2,1-6H3/t17?,18-,19-,21+,22+,23?,24?,25?,26?,27?,28-,29-,30?/m0/s1. The number of ether oxygens (including phenoxy) is 3. The molecular weight excluding hydrogens is 424 g/mol. The van der Waals surface area contributed by atoms with Crippen molar-refractivity contribution in [3.8, 4) is 0 Å². The molecule has 13 atom stereocenters. The molecule has 2 heterocycles. The van der Waals surface area contributed by atoms with Crippen molar-refractivity contribution in [1.29, 1.82) is 0 Å². The van der Waals surface area contributed by atoms with Crippen molar-refractivity contribution in [3.63, 3.8) is 0 Å². The number of rotatable bonds is 1. The van der Waals surface area contributed by atoms with Crippen LogP contribution in [0.25, 0.3) is 0 Å². The van der Waals surface area contributed by atoms with Crippen LogP contribution in [0, 0.1) is 58.2 Å². The van der Waals surface area contributed by atoms with Crippen LogP contribution in [0.5, 0.6) is 0 Å². The van der Waals surface area contributed by atoms with Crippen LogP contribution < -0.4 is 0 Å². The Hall–Kier alpha value is -0.610. The quantitative estimate of drug-likeness (QED) is 0.403. The van der Waals surface area contributed by atoms with Gasteiger partial charge in [0, 0.05) is 19.3 Å². The van der Waals surface area contributed by atoms with E-state index in [1.165, 1.54) is 38.5 Å². The molecule has 34 heavy (non-hydrogen) atoms. The van der Waals surface area contributed by atoms with Gasteiger partial charge >= 0.3 is 5.97 Å². The van der Waals surface area contributed by atoms with E-state index in [9.17, 15) is 4.79 Å². The minimum atomic E-state index is -0.314. The van der Waals surface area contributed by atoms with Crippen molar-refractivity contribution in [2.45, 2.75) is 117 Å². The van der Waals surface area contributed by atoms with E-state index in [1.807, 2.05) is 0 Å². The van der Waals surface area contributed by atoms with Crippen LogP contribution >= 0.6 is 0 Å². The summed E-state index contributed by atoms with van der Waals surface area (Å²) in [6, 6.07) is 0. The molecule has 4 saturated carbocycles. The molecule has 4 aliphatic carbocycles. The lowest BCUT2D eigenvalue weighted by Crippen LogP contribution is -2.57. The highest BCUT2D eigenvalue weighted by Crippen LogP contribution is 2.72. The lowest BCUT2D eigenvalue weighted by molar-refractivity contribution is -0.273. The topological polar surface area (TPSA) is 44.8 Å². The monoisotopic (exact) mass is 472 g/mol. The minimum absolute atomic E-state index is 0.106. The Balaban J connectivity index is 1.24. The summed E-state index contributed by atoms with van der Waals surface area (Å²) in [5.41, 5.74) is 0.766. The van der Waals surface area contributed by atoms with Crippen LogP contribution in [-0.2, 0) is 19.0 Å². The molecular formula is C30H48O4. The smallest absolute Gasteiger partial charge is 0.302 e. The van der Waals surface area contributed by atoms with Crippen molar-refractivity contribution >= 4 is 5.97 Å². The number of carbonyl (C=O) groups is 1. The number of fused-ring (bicyclic) bond motifs is 7. The first-order valence-corrected chi connectivity index (χ1v) is 14.6. The molecule has 0 aromatic rings. The molecule has 2 saturated heterocycles. The molecule has 0 bridgehead atoms. The first-order chi connectivity index (χ1) is 16.1. The number of hydrogen-bond donors (Lipinski definition) is 0. The van der Waals surface area contributed by atoms with Gasteiger partial charge in [0.05, 0.1) is 12.7 Å². The zero-order chi connectivity index (χ0) is 24.0. The van der Waals surface area contributed by atoms with Gasteiger partial charge in [-0.05, 0) is 104 Å². The van der Waals surface area contributed by atoms with Crippen molar-refractivity contribution < 1.29 is 19.0 Å². The SMILES string of the molecule is CC(=O)O[C@@H]1CC[C@]2(C)C3C[C@H](C)[C@@]4(C)C(CC5OC6(CCC(C)CO6)[C@@H](C)C54)C3CC[C@@H]2C1. The molecule has 0 N–H and O–H groups in total. The summed E-state index contributed by atoms with van der Waals surface area (Å²) in [5.74, 6) is 5.21. The molecule has 0 radical (unpaired) electrons. The molecule has 6 rings (SSSR count). The molecule has 4 nitrogen and oxygen atoms in total. The molecule has 1 spiro atoms. The van der Waals surface area contributed by atoms with E-state index in [1.54, 1.807) is 6.92 Å². The average Bonchev–Trinajstić information content (AvgIpc) is 3.23. The van der Waals surface area contributed by atoms with E-state index >= 15 is 0 Å². The number of hydrogen-bond acceptors (Lipinski definition) is 4. The van der Waals surface area contributed by atoms with Gasteiger partial charge in [-0.3, -0.25) is 4.79 Å². The maximum absolute atomic E-state index is 11.6. The molecule has 7 unspecified atom stereocenters. The van der Waals surface area contributed by atoms with Gasteiger partial charge in [0.15, 0.2) is 5.79 Å². The van der Waals surface area contributed by atoms with Crippen LogP contribution in [0.1, 0.15) is 99.3 Å². The van der Waals surface area contributed by atoms with E-state index in [-0.39, 0.29) is 17.9 Å².